The zero-order chi connectivity index (χ0) is 69.6. The molecule has 0 fully saturated rings. The second-order valence-corrected chi connectivity index (χ2v) is 31.4. The summed E-state index contributed by atoms with van der Waals surface area (Å²) in [5, 5.41) is 10.6. The van der Waals surface area contributed by atoms with Crippen molar-refractivity contribution in [1.82, 2.24) is 0 Å². The summed E-state index contributed by atoms with van der Waals surface area (Å²) in [5.41, 5.74) is 0. The molecule has 4 unspecified atom stereocenters. The number of carbonyl (C=O) groups is 4. The highest BCUT2D eigenvalue weighted by Crippen LogP contribution is 2.45. The number of hydrogen-bond acceptors (Lipinski definition) is 15. The van der Waals surface area contributed by atoms with Crippen molar-refractivity contribution in [3.63, 3.8) is 0 Å². The van der Waals surface area contributed by atoms with Crippen LogP contribution in [0.15, 0.2) is 0 Å². The van der Waals surface area contributed by atoms with Crippen molar-refractivity contribution in [1.29, 1.82) is 0 Å². The minimum atomic E-state index is -4.95. The lowest BCUT2D eigenvalue weighted by Crippen LogP contribution is -2.30. The molecule has 558 valence electrons. The van der Waals surface area contributed by atoms with Crippen LogP contribution < -0.4 is 0 Å². The van der Waals surface area contributed by atoms with Gasteiger partial charge in [0.1, 0.15) is 19.3 Å². The number of rotatable bonds is 72. The predicted octanol–water partition coefficient (Wildman–Crippen LogP) is 21.7. The van der Waals surface area contributed by atoms with Gasteiger partial charge in [-0.05, 0) is 49.4 Å². The van der Waals surface area contributed by atoms with Crippen LogP contribution in [0.1, 0.15) is 376 Å². The molecule has 0 saturated heterocycles. The molecule has 0 aliphatic heterocycles. The fraction of sp³-hybridized carbons (Fsp3) is 0.947. The van der Waals surface area contributed by atoms with Crippen molar-refractivity contribution < 1.29 is 80.2 Å². The number of aliphatic hydroxyl groups is 1. The summed E-state index contributed by atoms with van der Waals surface area (Å²) in [7, 11) is -9.91. The Morgan fingerprint density at radius 1 is 0.298 bits per heavy atom. The summed E-state index contributed by atoms with van der Waals surface area (Å²) in [6.07, 6.45) is 48.8. The molecule has 0 rings (SSSR count). The molecule has 94 heavy (non-hydrogen) atoms. The van der Waals surface area contributed by atoms with Gasteiger partial charge in [0, 0.05) is 25.7 Å². The summed E-state index contributed by atoms with van der Waals surface area (Å²) >= 11 is 0. The molecule has 0 amide bonds. The topological polar surface area (TPSA) is 237 Å². The molecule has 0 radical (unpaired) electrons. The summed E-state index contributed by atoms with van der Waals surface area (Å²) in [6.45, 7) is 14.1. The van der Waals surface area contributed by atoms with Gasteiger partial charge >= 0.3 is 39.5 Å². The van der Waals surface area contributed by atoms with Gasteiger partial charge in [-0.2, -0.15) is 0 Å². The second kappa shape index (κ2) is 64.4. The maximum absolute atomic E-state index is 13.0. The Morgan fingerprint density at radius 3 is 0.755 bits per heavy atom. The molecule has 0 bridgehead atoms. The van der Waals surface area contributed by atoms with Crippen LogP contribution in [0, 0.1) is 23.7 Å². The molecule has 0 aromatic carbocycles. The molecule has 0 aromatic rings. The number of phosphoric ester groups is 2. The van der Waals surface area contributed by atoms with Crippen LogP contribution in [-0.4, -0.2) is 96.7 Å². The van der Waals surface area contributed by atoms with Gasteiger partial charge in [-0.25, -0.2) is 9.13 Å². The molecular formula is C75H146O17P2. The van der Waals surface area contributed by atoms with E-state index >= 15 is 0 Å². The lowest BCUT2D eigenvalue weighted by molar-refractivity contribution is -0.161. The van der Waals surface area contributed by atoms with Crippen LogP contribution >= 0.6 is 15.6 Å². The lowest BCUT2D eigenvalue weighted by Gasteiger charge is -2.21. The van der Waals surface area contributed by atoms with Gasteiger partial charge in [-0.3, -0.25) is 37.3 Å². The van der Waals surface area contributed by atoms with Gasteiger partial charge in [0.05, 0.1) is 26.4 Å². The van der Waals surface area contributed by atoms with Crippen LogP contribution in [0.5, 0.6) is 0 Å². The summed E-state index contributed by atoms with van der Waals surface area (Å²) in [6, 6.07) is 0. The molecule has 0 heterocycles. The maximum atomic E-state index is 13.0. The number of aliphatic hydroxyl groups excluding tert-OH is 1. The minimum Gasteiger partial charge on any atom is -0.462 e. The first kappa shape index (κ1) is 92.1. The zero-order valence-electron chi connectivity index (χ0n) is 61.6. The highest BCUT2D eigenvalue weighted by molar-refractivity contribution is 7.47. The molecule has 0 saturated carbocycles. The zero-order valence-corrected chi connectivity index (χ0v) is 63.4. The highest BCUT2D eigenvalue weighted by atomic mass is 31.2. The Hall–Kier alpha value is -1.94. The van der Waals surface area contributed by atoms with Crippen molar-refractivity contribution >= 4 is 39.5 Å². The number of unbranched alkanes of at least 4 members (excludes halogenated alkanes) is 36. The van der Waals surface area contributed by atoms with Gasteiger partial charge in [0.25, 0.3) is 0 Å². The first-order valence-corrected chi connectivity index (χ1v) is 41.8. The largest absolute Gasteiger partial charge is 0.472 e. The van der Waals surface area contributed by atoms with E-state index in [4.69, 9.17) is 37.0 Å². The number of ether oxygens (including phenoxy) is 4. The lowest BCUT2D eigenvalue weighted by atomic mass is 9.99. The minimum absolute atomic E-state index is 0.102. The Morgan fingerprint density at radius 2 is 0.511 bits per heavy atom. The van der Waals surface area contributed by atoms with Crippen molar-refractivity contribution in [3.05, 3.63) is 0 Å². The van der Waals surface area contributed by atoms with E-state index in [1.807, 2.05) is 0 Å². The normalized spacial score (nSPS) is 14.7. The molecule has 0 spiro atoms. The second-order valence-electron chi connectivity index (χ2n) is 28.5. The van der Waals surface area contributed by atoms with E-state index in [2.05, 4.69) is 55.4 Å². The first-order valence-electron chi connectivity index (χ1n) is 38.8. The molecule has 0 aliphatic rings. The standard InChI is InChI=1S/C75H146O17P2/c1-9-67(7)53-45-37-28-24-20-16-12-14-17-21-25-29-39-47-55-72(77)85-61-71(92-75(80)58-50-42-33-31-36-44-52-66(5)6)64-90-94(83,84)88-60-69(76)59-87-93(81,82)89-63-70(62-86-73(78)56-48-40-34-32-38-46-54-68(8)10-2)91-74(79)57-49-41-30-26-22-18-13-11-15-19-23-27-35-43-51-65(3)4/h65-71,76H,9-64H2,1-8H3,(H,81,82)(H,83,84)/t67?,68?,69-,70+,71+/m0/s1. The van der Waals surface area contributed by atoms with Gasteiger partial charge in [0.2, 0.25) is 0 Å². The summed E-state index contributed by atoms with van der Waals surface area (Å²) < 4.78 is 68.4. The highest BCUT2D eigenvalue weighted by Gasteiger charge is 2.30. The van der Waals surface area contributed by atoms with Crippen molar-refractivity contribution in [2.45, 2.75) is 395 Å². The molecule has 7 atom stereocenters. The van der Waals surface area contributed by atoms with Crippen LogP contribution in [0.25, 0.3) is 0 Å². The molecule has 0 aliphatic carbocycles. The van der Waals surface area contributed by atoms with Gasteiger partial charge in [0.15, 0.2) is 12.2 Å². The number of phosphoric acid groups is 2. The number of hydrogen-bond donors (Lipinski definition) is 3. The van der Waals surface area contributed by atoms with Crippen molar-refractivity contribution in [2.24, 2.45) is 23.7 Å². The molecule has 0 aromatic heterocycles. The van der Waals surface area contributed by atoms with E-state index in [0.717, 1.165) is 114 Å². The van der Waals surface area contributed by atoms with Gasteiger partial charge < -0.3 is 33.8 Å². The van der Waals surface area contributed by atoms with E-state index in [0.29, 0.717) is 31.6 Å². The SMILES string of the molecule is CCC(C)CCCCCCCCCCCCCCCCC(=O)OC[C@H](COP(=O)(O)OC[C@@H](O)COP(=O)(O)OC[C@@H](COC(=O)CCCCCCCCC(C)CC)OC(=O)CCCCCCCCCCCCCCCCC(C)C)OC(=O)CCCCCCCCC(C)C. The van der Waals surface area contributed by atoms with Crippen molar-refractivity contribution in [3.8, 4) is 0 Å². The molecule has 19 heteroatoms. The Labute approximate surface area is 575 Å². The fourth-order valence-electron chi connectivity index (χ4n) is 11.3. The van der Waals surface area contributed by atoms with E-state index < -0.39 is 97.5 Å². The summed E-state index contributed by atoms with van der Waals surface area (Å²) in [4.78, 5) is 72.7. The third-order valence-corrected chi connectivity index (χ3v) is 19.9. The van der Waals surface area contributed by atoms with Crippen LogP contribution in [0.3, 0.4) is 0 Å². The Balaban J connectivity index is 5.17. The van der Waals surface area contributed by atoms with Gasteiger partial charge in [-0.15, -0.1) is 0 Å². The Bertz CT molecular complexity index is 1850. The number of carbonyl (C=O) groups excluding carboxylic acids is 4. The average Bonchev–Trinajstić information content (AvgIpc) is 3.02. The van der Waals surface area contributed by atoms with Crippen LogP contribution in [-0.2, 0) is 65.4 Å². The van der Waals surface area contributed by atoms with E-state index in [1.165, 1.54) is 173 Å². The number of esters is 4. The third kappa shape index (κ3) is 66.0. The third-order valence-electron chi connectivity index (χ3n) is 18.0. The maximum Gasteiger partial charge on any atom is 0.472 e. The average molecular weight is 1380 g/mol. The molecule has 3 N–H and O–H groups in total. The molecular weight excluding hydrogens is 1230 g/mol. The van der Waals surface area contributed by atoms with Gasteiger partial charge in [-0.1, -0.05) is 325 Å². The quantitative estimate of drug-likeness (QED) is 0.0222. The first-order chi connectivity index (χ1) is 45.2. The van der Waals surface area contributed by atoms with Crippen LogP contribution in [0.4, 0.5) is 0 Å². The monoisotopic (exact) mass is 1380 g/mol. The van der Waals surface area contributed by atoms with E-state index in [1.54, 1.807) is 0 Å². The van der Waals surface area contributed by atoms with Crippen molar-refractivity contribution in [2.75, 3.05) is 39.6 Å². The van der Waals surface area contributed by atoms with E-state index in [9.17, 15) is 43.2 Å². The Kier molecular flexibility index (Phi) is 63.1. The predicted molar refractivity (Wildman–Crippen MR) is 381 cm³/mol. The van der Waals surface area contributed by atoms with Crippen LogP contribution in [0.2, 0.25) is 0 Å². The van der Waals surface area contributed by atoms with E-state index in [-0.39, 0.29) is 25.7 Å². The summed E-state index contributed by atoms with van der Waals surface area (Å²) in [5.74, 6) is 0.917. The molecule has 17 nitrogen and oxygen atoms in total. The smallest absolute Gasteiger partial charge is 0.462 e. The fourth-order valence-corrected chi connectivity index (χ4v) is 12.9.